The summed E-state index contributed by atoms with van der Waals surface area (Å²) in [6.07, 6.45) is 0. The van der Waals surface area contributed by atoms with Crippen LogP contribution in [0.5, 0.6) is 23.0 Å². The Kier molecular flexibility index (Phi) is 14.7. The van der Waals surface area contributed by atoms with Gasteiger partial charge in [0.25, 0.3) is 0 Å². The molecule has 4 rings (SSSR count). The van der Waals surface area contributed by atoms with E-state index in [4.69, 9.17) is 33.9 Å². The molecule has 0 spiro atoms. The zero-order valence-electron chi connectivity index (χ0n) is 27.2. The van der Waals surface area contributed by atoms with Crippen molar-refractivity contribution in [1.29, 1.82) is 0 Å². The summed E-state index contributed by atoms with van der Waals surface area (Å²) in [5.74, 6) is -1.36. The van der Waals surface area contributed by atoms with E-state index in [1.807, 2.05) is 0 Å². The number of carbonyl (C=O) groups is 6. The number of hydrogen-bond donors (Lipinski definition) is 2. The summed E-state index contributed by atoms with van der Waals surface area (Å²) in [6, 6.07) is 25.3. The minimum atomic E-state index is -1.08. The first kappa shape index (κ1) is 38.0. The van der Waals surface area contributed by atoms with Gasteiger partial charge in [-0.2, -0.15) is 0 Å². The Hall–Kier alpha value is -6.50. The third-order valence-electron chi connectivity index (χ3n) is 6.29. The van der Waals surface area contributed by atoms with Crippen molar-refractivity contribution in [2.45, 2.75) is 13.8 Å². The van der Waals surface area contributed by atoms with Crippen molar-refractivity contribution in [3.05, 3.63) is 119 Å². The smallest absolute Gasteiger partial charge is 0.344 e. The van der Waals surface area contributed by atoms with Gasteiger partial charge >= 0.3 is 17.9 Å². The average Bonchev–Trinajstić information content (AvgIpc) is 3.12. The maximum atomic E-state index is 12.5. The Morgan fingerprint density at radius 2 is 0.740 bits per heavy atom. The van der Waals surface area contributed by atoms with E-state index in [1.165, 1.54) is 55.5 Å². The minimum Gasteiger partial charge on any atom is -0.486 e. The van der Waals surface area contributed by atoms with Gasteiger partial charge in [-0.05, 0) is 111 Å². The Bertz CT molecular complexity index is 1700. The number of carboxylic acids is 2. The average molecular weight is 687 g/mol. The Morgan fingerprint density at radius 1 is 0.460 bits per heavy atom. The summed E-state index contributed by atoms with van der Waals surface area (Å²) in [4.78, 5) is 67.8. The molecule has 0 saturated heterocycles. The maximum Gasteiger partial charge on any atom is 0.344 e. The molecule has 0 saturated carbocycles. The van der Waals surface area contributed by atoms with E-state index < -0.39 is 31.1 Å². The van der Waals surface area contributed by atoms with E-state index in [1.54, 1.807) is 55.5 Å². The number of ether oxygens (including phenoxy) is 5. The third kappa shape index (κ3) is 13.0. The Morgan fingerprint density at radius 3 is 1.00 bits per heavy atom. The molecule has 13 nitrogen and oxygen atoms in total. The van der Waals surface area contributed by atoms with Crippen molar-refractivity contribution in [3.8, 4) is 23.0 Å². The fourth-order valence-corrected chi connectivity index (χ4v) is 3.96. The van der Waals surface area contributed by atoms with Crippen LogP contribution in [0.4, 0.5) is 0 Å². The summed E-state index contributed by atoms with van der Waals surface area (Å²) < 4.78 is 25.3. The first-order chi connectivity index (χ1) is 23.9. The van der Waals surface area contributed by atoms with Gasteiger partial charge in [-0.25, -0.2) is 14.4 Å². The minimum absolute atomic E-state index is 0.000550. The van der Waals surface area contributed by atoms with Crippen LogP contribution in [0.3, 0.4) is 0 Å². The molecule has 4 aromatic carbocycles. The number of aliphatic carboxylic acids is 2. The predicted molar refractivity (Wildman–Crippen MR) is 177 cm³/mol. The second-order valence-corrected chi connectivity index (χ2v) is 10.2. The molecule has 0 aromatic heterocycles. The van der Waals surface area contributed by atoms with Gasteiger partial charge < -0.3 is 33.9 Å². The number of benzene rings is 4. The van der Waals surface area contributed by atoms with E-state index in [2.05, 4.69) is 0 Å². The second-order valence-electron chi connectivity index (χ2n) is 10.2. The molecular weight excluding hydrogens is 652 g/mol. The van der Waals surface area contributed by atoms with Gasteiger partial charge in [0.1, 0.15) is 29.6 Å². The SMILES string of the molecule is CCOC(=O)COc1ccc(C(=O)c2ccc(OCC(C)=O)cc2)cc1.O=C(O)COc1ccc(C(=O)c2ccc(OCC(=O)O)cc2)cc1. The van der Waals surface area contributed by atoms with Crippen molar-refractivity contribution in [2.75, 3.05) is 33.0 Å². The van der Waals surface area contributed by atoms with Crippen molar-refractivity contribution in [3.63, 3.8) is 0 Å². The zero-order chi connectivity index (χ0) is 36.5. The predicted octanol–water partition coefficient (Wildman–Crippen LogP) is 4.67. The molecule has 0 heterocycles. The van der Waals surface area contributed by atoms with Gasteiger partial charge in [0.05, 0.1) is 6.61 Å². The molecule has 0 aliphatic rings. The molecule has 13 heteroatoms. The molecular formula is C37H34O13. The molecule has 50 heavy (non-hydrogen) atoms. The molecule has 0 bridgehead atoms. The van der Waals surface area contributed by atoms with Crippen molar-refractivity contribution < 1.29 is 62.7 Å². The normalized spacial score (nSPS) is 10.0. The third-order valence-corrected chi connectivity index (χ3v) is 6.29. The summed E-state index contributed by atoms with van der Waals surface area (Å²) in [5.41, 5.74) is 1.82. The lowest BCUT2D eigenvalue weighted by Gasteiger charge is -2.07. The lowest BCUT2D eigenvalue weighted by Crippen LogP contribution is -2.14. The molecule has 0 amide bonds. The molecule has 0 aliphatic carbocycles. The number of ketones is 3. The Labute approximate surface area is 286 Å². The number of Topliss-reactive ketones (excluding diaryl/α,β-unsaturated/α-hetero) is 1. The summed E-state index contributed by atoms with van der Waals surface area (Å²) in [5, 5.41) is 17.1. The molecule has 0 atom stereocenters. The van der Waals surface area contributed by atoms with Crippen molar-refractivity contribution in [2.24, 2.45) is 0 Å². The van der Waals surface area contributed by atoms with Crippen LogP contribution in [0.25, 0.3) is 0 Å². The lowest BCUT2D eigenvalue weighted by atomic mass is 10.0. The van der Waals surface area contributed by atoms with Gasteiger partial charge in [-0.1, -0.05) is 0 Å². The lowest BCUT2D eigenvalue weighted by molar-refractivity contribution is -0.145. The highest BCUT2D eigenvalue weighted by atomic mass is 16.6. The van der Waals surface area contributed by atoms with Crippen LogP contribution in [0.2, 0.25) is 0 Å². The highest BCUT2D eigenvalue weighted by molar-refractivity contribution is 6.09. The summed E-state index contributed by atoms with van der Waals surface area (Å²) in [6.45, 7) is 2.38. The van der Waals surface area contributed by atoms with Crippen LogP contribution in [0.1, 0.15) is 45.7 Å². The zero-order valence-corrected chi connectivity index (χ0v) is 27.2. The molecule has 0 unspecified atom stereocenters. The highest BCUT2D eigenvalue weighted by Gasteiger charge is 2.12. The number of rotatable bonds is 17. The van der Waals surface area contributed by atoms with E-state index in [-0.39, 0.29) is 30.6 Å². The van der Waals surface area contributed by atoms with Crippen molar-refractivity contribution in [1.82, 2.24) is 0 Å². The first-order valence-corrected chi connectivity index (χ1v) is 15.0. The summed E-state index contributed by atoms with van der Waals surface area (Å²) in [7, 11) is 0. The Balaban J connectivity index is 0.000000271. The van der Waals surface area contributed by atoms with E-state index in [9.17, 15) is 28.8 Å². The van der Waals surface area contributed by atoms with Crippen LogP contribution in [-0.2, 0) is 23.9 Å². The molecule has 260 valence electrons. The molecule has 4 aromatic rings. The standard InChI is InChI=1S/C20H20O6.C17H14O7/c1-3-24-19(22)13-26-18-10-6-16(7-11-18)20(23)15-4-8-17(9-5-15)25-12-14(2)21;18-15(19)9-23-13-5-1-11(2-6-13)17(22)12-3-7-14(8-4-12)24-10-16(20)21/h4-11H,3,12-13H2,1-2H3;1-8H,9-10H2,(H,18,19)(H,20,21). The van der Waals surface area contributed by atoms with Crippen LogP contribution in [0.15, 0.2) is 97.1 Å². The van der Waals surface area contributed by atoms with Gasteiger partial charge in [-0.3, -0.25) is 14.4 Å². The van der Waals surface area contributed by atoms with Gasteiger partial charge in [0.2, 0.25) is 0 Å². The molecule has 0 fully saturated rings. The van der Waals surface area contributed by atoms with Gasteiger partial charge in [-0.15, -0.1) is 0 Å². The first-order valence-electron chi connectivity index (χ1n) is 15.0. The molecule has 0 radical (unpaired) electrons. The number of esters is 1. The van der Waals surface area contributed by atoms with E-state index >= 15 is 0 Å². The number of hydrogen-bond acceptors (Lipinski definition) is 11. The van der Waals surface area contributed by atoms with Crippen LogP contribution in [-0.4, -0.2) is 78.5 Å². The van der Waals surface area contributed by atoms with E-state index in [0.717, 1.165) is 0 Å². The highest BCUT2D eigenvalue weighted by Crippen LogP contribution is 2.20. The van der Waals surface area contributed by atoms with Gasteiger partial charge in [0, 0.05) is 22.3 Å². The topological polar surface area (TPSA) is 189 Å². The fourth-order valence-electron chi connectivity index (χ4n) is 3.96. The molecule has 0 aliphatic heterocycles. The fraction of sp³-hybridized carbons (Fsp3) is 0.189. The summed E-state index contributed by atoms with van der Waals surface area (Å²) >= 11 is 0. The second kappa shape index (κ2) is 19.4. The quantitative estimate of drug-likeness (QED) is 0.115. The number of carboxylic acid groups (broad SMARTS) is 2. The molecule has 2 N–H and O–H groups in total. The van der Waals surface area contributed by atoms with Crippen LogP contribution < -0.4 is 18.9 Å². The monoisotopic (exact) mass is 686 g/mol. The van der Waals surface area contributed by atoms with Crippen LogP contribution in [0, 0.1) is 0 Å². The number of carbonyl (C=O) groups excluding carboxylic acids is 4. The van der Waals surface area contributed by atoms with Crippen LogP contribution >= 0.6 is 0 Å². The van der Waals surface area contributed by atoms with Crippen molar-refractivity contribution >= 4 is 35.3 Å². The van der Waals surface area contributed by atoms with E-state index in [0.29, 0.717) is 51.9 Å². The largest absolute Gasteiger partial charge is 0.486 e. The maximum absolute atomic E-state index is 12.5. The van der Waals surface area contributed by atoms with Gasteiger partial charge in [0.15, 0.2) is 37.2 Å².